The van der Waals surface area contributed by atoms with Crippen LogP contribution in [-0.4, -0.2) is 34.6 Å². The predicted octanol–water partition coefficient (Wildman–Crippen LogP) is 0.948. The first kappa shape index (κ1) is 12.7. The standard InChI is InChI=1S/C14H22N4O/c1-10(11-7-16-8-11)14(19)17-12-3-2-4-13(12)18-6-5-15-9-18/h5-6,9-13,16H,2-4,7-8H2,1H3,(H,17,19). The summed E-state index contributed by atoms with van der Waals surface area (Å²) in [5, 5.41) is 6.48. The average molecular weight is 262 g/mol. The molecule has 104 valence electrons. The van der Waals surface area contributed by atoms with E-state index in [9.17, 15) is 4.79 Å². The van der Waals surface area contributed by atoms with Crippen molar-refractivity contribution < 1.29 is 4.79 Å². The van der Waals surface area contributed by atoms with Crippen molar-refractivity contribution in [1.29, 1.82) is 0 Å². The van der Waals surface area contributed by atoms with E-state index >= 15 is 0 Å². The minimum Gasteiger partial charge on any atom is -0.351 e. The molecule has 1 saturated heterocycles. The van der Waals surface area contributed by atoms with Gasteiger partial charge in [0.2, 0.25) is 5.91 Å². The number of imidazole rings is 1. The predicted molar refractivity (Wildman–Crippen MR) is 72.6 cm³/mol. The third-order valence-corrected chi connectivity index (χ3v) is 4.65. The second kappa shape index (κ2) is 5.33. The summed E-state index contributed by atoms with van der Waals surface area (Å²) in [4.78, 5) is 16.4. The molecule has 3 atom stereocenters. The maximum absolute atomic E-state index is 12.3. The van der Waals surface area contributed by atoms with Gasteiger partial charge in [-0.05, 0) is 38.3 Å². The summed E-state index contributed by atoms with van der Waals surface area (Å²) in [6.07, 6.45) is 9.03. The van der Waals surface area contributed by atoms with Crippen LogP contribution in [0.1, 0.15) is 32.2 Å². The largest absolute Gasteiger partial charge is 0.351 e. The molecule has 2 N–H and O–H groups in total. The average Bonchev–Trinajstić information content (AvgIpc) is 2.95. The van der Waals surface area contributed by atoms with Gasteiger partial charge in [-0.15, -0.1) is 0 Å². The van der Waals surface area contributed by atoms with Gasteiger partial charge >= 0.3 is 0 Å². The molecule has 3 unspecified atom stereocenters. The van der Waals surface area contributed by atoms with E-state index in [4.69, 9.17) is 0 Å². The maximum Gasteiger partial charge on any atom is 0.223 e. The topological polar surface area (TPSA) is 59.0 Å². The number of hydrogen-bond acceptors (Lipinski definition) is 3. The van der Waals surface area contributed by atoms with Crippen LogP contribution in [0.4, 0.5) is 0 Å². The zero-order valence-electron chi connectivity index (χ0n) is 11.4. The van der Waals surface area contributed by atoms with E-state index in [1.807, 2.05) is 19.4 Å². The van der Waals surface area contributed by atoms with Gasteiger partial charge in [0.25, 0.3) is 0 Å². The molecule has 0 aromatic carbocycles. The molecule has 3 rings (SSSR count). The van der Waals surface area contributed by atoms with Crippen LogP contribution in [-0.2, 0) is 4.79 Å². The zero-order chi connectivity index (χ0) is 13.2. The number of carbonyl (C=O) groups is 1. The summed E-state index contributed by atoms with van der Waals surface area (Å²) >= 11 is 0. The lowest BCUT2D eigenvalue weighted by atomic mass is 9.88. The molecular weight excluding hydrogens is 240 g/mol. The molecule has 5 nitrogen and oxygen atoms in total. The smallest absolute Gasteiger partial charge is 0.223 e. The van der Waals surface area contributed by atoms with Gasteiger partial charge in [0.05, 0.1) is 12.4 Å². The Kier molecular flexibility index (Phi) is 3.55. The third kappa shape index (κ3) is 2.52. The molecule has 1 aromatic rings. The van der Waals surface area contributed by atoms with Crippen molar-refractivity contribution in [2.45, 2.75) is 38.3 Å². The lowest BCUT2D eigenvalue weighted by molar-refractivity contribution is -0.127. The van der Waals surface area contributed by atoms with Gasteiger partial charge in [0.15, 0.2) is 0 Å². The number of amides is 1. The minimum absolute atomic E-state index is 0.116. The van der Waals surface area contributed by atoms with Crippen molar-refractivity contribution in [3.63, 3.8) is 0 Å². The van der Waals surface area contributed by atoms with Crippen molar-refractivity contribution in [2.75, 3.05) is 13.1 Å². The maximum atomic E-state index is 12.3. The number of rotatable bonds is 4. The molecular formula is C14H22N4O. The van der Waals surface area contributed by atoms with Crippen LogP contribution < -0.4 is 10.6 Å². The highest BCUT2D eigenvalue weighted by atomic mass is 16.2. The van der Waals surface area contributed by atoms with Crippen LogP contribution in [0.5, 0.6) is 0 Å². The molecule has 2 aliphatic rings. The van der Waals surface area contributed by atoms with Gasteiger partial charge in [0.1, 0.15) is 0 Å². The van der Waals surface area contributed by atoms with Crippen molar-refractivity contribution in [3.8, 4) is 0 Å². The number of carbonyl (C=O) groups excluding carboxylic acids is 1. The van der Waals surface area contributed by atoms with Crippen LogP contribution in [0, 0.1) is 11.8 Å². The highest BCUT2D eigenvalue weighted by Gasteiger charge is 2.34. The second-order valence-electron chi connectivity index (χ2n) is 5.83. The summed E-state index contributed by atoms with van der Waals surface area (Å²) in [7, 11) is 0. The lowest BCUT2D eigenvalue weighted by Crippen LogP contribution is -2.51. The van der Waals surface area contributed by atoms with Crippen molar-refractivity contribution >= 4 is 5.91 Å². The Bertz CT molecular complexity index is 427. The van der Waals surface area contributed by atoms with Crippen LogP contribution in [0.15, 0.2) is 18.7 Å². The fourth-order valence-electron chi connectivity index (χ4n) is 3.12. The quantitative estimate of drug-likeness (QED) is 0.849. The van der Waals surface area contributed by atoms with Crippen LogP contribution >= 0.6 is 0 Å². The molecule has 0 spiro atoms. The number of nitrogens with one attached hydrogen (secondary N) is 2. The molecule has 1 aliphatic heterocycles. The van der Waals surface area contributed by atoms with Gasteiger partial charge in [0, 0.05) is 24.4 Å². The van der Waals surface area contributed by atoms with E-state index in [1.54, 1.807) is 6.20 Å². The van der Waals surface area contributed by atoms with E-state index < -0.39 is 0 Å². The summed E-state index contributed by atoms with van der Waals surface area (Å²) in [6, 6.07) is 0.635. The van der Waals surface area contributed by atoms with Crippen LogP contribution in [0.2, 0.25) is 0 Å². The van der Waals surface area contributed by atoms with E-state index in [1.165, 1.54) is 6.42 Å². The zero-order valence-corrected chi connectivity index (χ0v) is 11.4. The number of aromatic nitrogens is 2. The molecule has 0 radical (unpaired) electrons. The van der Waals surface area contributed by atoms with E-state index in [-0.39, 0.29) is 17.9 Å². The summed E-state index contributed by atoms with van der Waals surface area (Å²) < 4.78 is 2.13. The fraction of sp³-hybridized carbons (Fsp3) is 0.714. The Morgan fingerprint density at radius 1 is 1.47 bits per heavy atom. The van der Waals surface area contributed by atoms with Crippen molar-refractivity contribution in [1.82, 2.24) is 20.2 Å². The number of hydrogen-bond donors (Lipinski definition) is 2. The molecule has 1 amide bonds. The van der Waals surface area contributed by atoms with Crippen LogP contribution in [0.25, 0.3) is 0 Å². The molecule has 1 aromatic heterocycles. The Hall–Kier alpha value is -1.36. The highest BCUT2D eigenvalue weighted by Crippen LogP contribution is 2.30. The van der Waals surface area contributed by atoms with Gasteiger partial charge in [-0.25, -0.2) is 4.98 Å². The Morgan fingerprint density at radius 2 is 2.32 bits per heavy atom. The summed E-state index contributed by atoms with van der Waals surface area (Å²) in [5.74, 6) is 0.835. The Balaban J connectivity index is 1.60. The molecule has 5 heteroatoms. The Morgan fingerprint density at radius 3 is 2.95 bits per heavy atom. The van der Waals surface area contributed by atoms with Gasteiger partial charge in [-0.2, -0.15) is 0 Å². The fourth-order valence-corrected chi connectivity index (χ4v) is 3.12. The van der Waals surface area contributed by atoms with E-state index in [2.05, 4.69) is 20.2 Å². The third-order valence-electron chi connectivity index (χ3n) is 4.65. The van der Waals surface area contributed by atoms with E-state index in [0.29, 0.717) is 12.0 Å². The summed E-state index contributed by atoms with van der Waals surface area (Å²) in [6.45, 7) is 4.00. The second-order valence-corrected chi connectivity index (χ2v) is 5.83. The summed E-state index contributed by atoms with van der Waals surface area (Å²) in [5.41, 5.74) is 0. The van der Waals surface area contributed by atoms with Crippen molar-refractivity contribution in [3.05, 3.63) is 18.7 Å². The monoisotopic (exact) mass is 262 g/mol. The molecule has 1 saturated carbocycles. The Labute approximate surface area is 113 Å². The first-order chi connectivity index (χ1) is 9.25. The first-order valence-electron chi connectivity index (χ1n) is 7.24. The molecule has 2 fully saturated rings. The van der Waals surface area contributed by atoms with E-state index in [0.717, 1.165) is 25.9 Å². The molecule has 2 heterocycles. The first-order valence-corrected chi connectivity index (χ1v) is 7.24. The van der Waals surface area contributed by atoms with Gasteiger partial charge in [-0.1, -0.05) is 6.92 Å². The highest BCUT2D eigenvalue weighted by molar-refractivity contribution is 5.79. The van der Waals surface area contributed by atoms with Gasteiger partial charge in [-0.3, -0.25) is 4.79 Å². The van der Waals surface area contributed by atoms with Crippen LogP contribution in [0.3, 0.4) is 0 Å². The number of nitrogens with zero attached hydrogens (tertiary/aromatic N) is 2. The van der Waals surface area contributed by atoms with Gasteiger partial charge < -0.3 is 15.2 Å². The molecule has 0 bridgehead atoms. The molecule has 1 aliphatic carbocycles. The SMILES string of the molecule is CC(C(=O)NC1CCCC1n1ccnc1)C1CNC1. The normalized spacial score (nSPS) is 28.9. The molecule has 19 heavy (non-hydrogen) atoms. The minimum atomic E-state index is 0.116. The van der Waals surface area contributed by atoms with Crippen molar-refractivity contribution in [2.24, 2.45) is 11.8 Å². The lowest BCUT2D eigenvalue weighted by Gasteiger charge is -2.33.